The van der Waals surface area contributed by atoms with E-state index in [4.69, 9.17) is 4.52 Å². The highest BCUT2D eigenvalue weighted by Gasteiger charge is 2.31. The average Bonchev–Trinajstić information content (AvgIpc) is 3.13. The molecular formula is C22H25N5O2. The van der Waals surface area contributed by atoms with Crippen LogP contribution in [0.1, 0.15) is 43.2 Å². The molecule has 150 valence electrons. The molecule has 3 aromatic rings. The van der Waals surface area contributed by atoms with Crippen LogP contribution in [0.5, 0.6) is 0 Å². The average molecular weight is 391 g/mol. The van der Waals surface area contributed by atoms with Gasteiger partial charge < -0.3 is 14.7 Å². The van der Waals surface area contributed by atoms with Crippen molar-refractivity contribution in [3.05, 3.63) is 66.3 Å². The van der Waals surface area contributed by atoms with Crippen molar-refractivity contribution >= 4 is 6.03 Å². The number of amides is 2. The number of pyridine rings is 1. The fraction of sp³-hybridized carbons (Fsp3) is 0.364. The van der Waals surface area contributed by atoms with Gasteiger partial charge >= 0.3 is 6.03 Å². The van der Waals surface area contributed by atoms with Gasteiger partial charge in [-0.2, -0.15) is 4.98 Å². The number of urea groups is 1. The minimum Gasteiger partial charge on any atom is -0.338 e. The molecule has 2 aromatic heterocycles. The van der Waals surface area contributed by atoms with Gasteiger partial charge in [-0.25, -0.2) is 4.79 Å². The Morgan fingerprint density at radius 3 is 2.86 bits per heavy atom. The fourth-order valence-corrected chi connectivity index (χ4v) is 3.65. The second-order valence-corrected chi connectivity index (χ2v) is 7.22. The molecule has 1 saturated heterocycles. The lowest BCUT2D eigenvalue weighted by atomic mass is 10.1. The van der Waals surface area contributed by atoms with E-state index < -0.39 is 0 Å². The quantitative estimate of drug-likeness (QED) is 0.711. The minimum atomic E-state index is -0.202. The van der Waals surface area contributed by atoms with Crippen LogP contribution in [0, 0.1) is 0 Å². The highest BCUT2D eigenvalue weighted by Crippen LogP contribution is 2.30. The van der Waals surface area contributed by atoms with Crippen LogP contribution in [-0.2, 0) is 6.42 Å². The molecule has 1 atom stereocenters. The van der Waals surface area contributed by atoms with Gasteiger partial charge in [0.25, 0.3) is 0 Å². The number of nitrogens with zero attached hydrogens (tertiary/aromatic N) is 4. The molecule has 29 heavy (non-hydrogen) atoms. The van der Waals surface area contributed by atoms with Crippen molar-refractivity contribution in [2.24, 2.45) is 0 Å². The summed E-state index contributed by atoms with van der Waals surface area (Å²) >= 11 is 0. The molecule has 7 heteroatoms. The van der Waals surface area contributed by atoms with E-state index in [1.54, 1.807) is 12.4 Å². The van der Waals surface area contributed by atoms with Crippen LogP contribution < -0.4 is 5.32 Å². The molecule has 0 aliphatic carbocycles. The Morgan fingerprint density at radius 1 is 1.14 bits per heavy atom. The fourth-order valence-electron chi connectivity index (χ4n) is 3.65. The lowest BCUT2D eigenvalue weighted by Crippen LogP contribution is -2.43. The maximum atomic E-state index is 12.9. The number of benzene rings is 1. The van der Waals surface area contributed by atoms with Gasteiger partial charge in [-0.3, -0.25) is 4.98 Å². The predicted octanol–water partition coefficient (Wildman–Crippen LogP) is 4.00. The van der Waals surface area contributed by atoms with E-state index in [1.807, 2.05) is 35.2 Å². The smallest absolute Gasteiger partial charge is 0.318 e. The Labute approximate surface area is 170 Å². The summed E-state index contributed by atoms with van der Waals surface area (Å²) in [4.78, 5) is 23.4. The van der Waals surface area contributed by atoms with Crippen molar-refractivity contribution in [1.82, 2.24) is 25.3 Å². The van der Waals surface area contributed by atoms with E-state index in [0.29, 0.717) is 24.8 Å². The van der Waals surface area contributed by atoms with Gasteiger partial charge in [0.1, 0.15) is 6.04 Å². The van der Waals surface area contributed by atoms with E-state index in [1.165, 1.54) is 5.56 Å². The Balaban J connectivity index is 1.44. The van der Waals surface area contributed by atoms with E-state index >= 15 is 0 Å². The number of aromatic nitrogens is 3. The van der Waals surface area contributed by atoms with Crippen molar-refractivity contribution < 1.29 is 9.32 Å². The number of hydrogen-bond donors (Lipinski definition) is 1. The molecule has 1 aromatic carbocycles. The molecule has 2 amide bonds. The van der Waals surface area contributed by atoms with E-state index in [-0.39, 0.29) is 12.1 Å². The number of hydrogen-bond acceptors (Lipinski definition) is 5. The van der Waals surface area contributed by atoms with Crippen LogP contribution in [0.2, 0.25) is 0 Å². The van der Waals surface area contributed by atoms with Crippen molar-refractivity contribution in [2.75, 3.05) is 13.1 Å². The minimum absolute atomic E-state index is 0.0750. The van der Waals surface area contributed by atoms with Crippen molar-refractivity contribution in [3.63, 3.8) is 0 Å². The molecule has 0 saturated carbocycles. The summed E-state index contributed by atoms with van der Waals surface area (Å²) in [7, 11) is 0. The van der Waals surface area contributed by atoms with Crippen LogP contribution in [-0.4, -0.2) is 39.1 Å². The summed E-state index contributed by atoms with van der Waals surface area (Å²) in [5.74, 6) is 0.991. The van der Waals surface area contributed by atoms with Gasteiger partial charge in [0.15, 0.2) is 0 Å². The van der Waals surface area contributed by atoms with Crippen molar-refractivity contribution in [2.45, 2.75) is 38.1 Å². The van der Waals surface area contributed by atoms with Crippen molar-refractivity contribution in [3.8, 4) is 11.4 Å². The topological polar surface area (TPSA) is 84.2 Å². The van der Waals surface area contributed by atoms with Crippen LogP contribution in [0.4, 0.5) is 4.79 Å². The van der Waals surface area contributed by atoms with Gasteiger partial charge in [-0.05, 0) is 37.0 Å². The molecule has 0 bridgehead atoms. The third-order valence-electron chi connectivity index (χ3n) is 5.19. The molecular weight excluding hydrogens is 366 g/mol. The SMILES string of the molecule is O=C(NCCc1ccccc1)N1CCCCCC1c1nc(-c2cccnc2)no1. The van der Waals surface area contributed by atoms with E-state index in [0.717, 1.165) is 37.7 Å². The molecule has 7 nitrogen and oxygen atoms in total. The molecule has 0 radical (unpaired) electrons. The normalized spacial score (nSPS) is 17.0. The number of rotatable bonds is 5. The largest absolute Gasteiger partial charge is 0.338 e. The third kappa shape index (κ3) is 4.80. The number of nitrogens with one attached hydrogen (secondary N) is 1. The predicted molar refractivity (Wildman–Crippen MR) is 109 cm³/mol. The number of likely N-dealkylation sites (tertiary alicyclic amines) is 1. The summed E-state index contributed by atoms with van der Waals surface area (Å²) in [6, 6.07) is 13.6. The molecule has 1 aliphatic heterocycles. The molecule has 1 N–H and O–H groups in total. The summed E-state index contributed by atoms with van der Waals surface area (Å²) in [6.45, 7) is 1.28. The van der Waals surface area contributed by atoms with Crippen molar-refractivity contribution in [1.29, 1.82) is 0 Å². The van der Waals surface area contributed by atoms with E-state index in [9.17, 15) is 4.79 Å². The van der Waals surface area contributed by atoms with Gasteiger partial charge in [-0.15, -0.1) is 0 Å². The first-order valence-corrected chi connectivity index (χ1v) is 10.1. The van der Waals surface area contributed by atoms with Gasteiger partial charge in [0.2, 0.25) is 11.7 Å². The molecule has 0 spiro atoms. The van der Waals surface area contributed by atoms with Gasteiger partial charge in [-0.1, -0.05) is 48.3 Å². The Kier molecular flexibility index (Phi) is 6.14. The Hall–Kier alpha value is -3.22. The van der Waals surface area contributed by atoms with Crippen LogP contribution >= 0.6 is 0 Å². The lowest BCUT2D eigenvalue weighted by Gasteiger charge is -2.27. The van der Waals surface area contributed by atoms with Gasteiger partial charge in [0, 0.05) is 31.0 Å². The first-order valence-electron chi connectivity index (χ1n) is 10.1. The Bertz CT molecular complexity index is 913. The third-order valence-corrected chi connectivity index (χ3v) is 5.19. The highest BCUT2D eigenvalue weighted by atomic mass is 16.5. The molecule has 1 aliphatic rings. The second kappa shape index (κ2) is 9.32. The highest BCUT2D eigenvalue weighted by molar-refractivity contribution is 5.74. The van der Waals surface area contributed by atoms with Crippen LogP contribution in [0.25, 0.3) is 11.4 Å². The standard InChI is InChI=1S/C22H25N5O2/c28-22(24-14-12-17-8-3-1-4-9-17)27-15-6-2-5-11-19(27)21-25-20(26-29-21)18-10-7-13-23-16-18/h1,3-4,7-10,13,16,19H,2,5-6,11-12,14-15H2,(H,24,28). The number of carbonyl (C=O) groups excluding carboxylic acids is 1. The second-order valence-electron chi connectivity index (χ2n) is 7.22. The molecule has 1 fully saturated rings. The summed E-state index contributed by atoms with van der Waals surface area (Å²) in [6.07, 6.45) is 8.13. The summed E-state index contributed by atoms with van der Waals surface area (Å²) in [5, 5.41) is 7.16. The first kappa shape index (κ1) is 19.1. The number of carbonyl (C=O) groups is 1. The maximum absolute atomic E-state index is 12.9. The van der Waals surface area contributed by atoms with Crippen LogP contribution in [0.15, 0.2) is 59.4 Å². The lowest BCUT2D eigenvalue weighted by molar-refractivity contribution is 0.159. The zero-order chi connectivity index (χ0) is 19.9. The summed E-state index contributed by atoms with van der Waals surface area (Å²) < 4.78 is 5.56. The first-order chi connectivity index (χ1) is 14.3. The summed E-state index contributed by atoms with van der Waals surface area (Å²) in [5.41, 5.74) is 2.01. The zero-order valence-electron chi connectivity index (χ0n) is 16.3. The van der Waals surface area contributed by atoms with E-state index in [2.05, 4.69) is 32.6 Å². The molecule has 4 rings (SSSR count). The molecule has 1 unspecified atom stereocenters. The maximum Gasteiger partial charge on any atom is 0.318 e. The molecule has 3 heterocycles. The Morgan fingerprint density at radius 2 is 2.03 bits per heavy atom. The zero-order valence-corrected chi connectivity index (χ0v) is 16.3. The monoisotopic (exact) mass is 391 g/mol. The van der Waals surface area contributed by atoms with Crippen LogP contribution in [0.3, 0.4) is 0 Å². The van der Waals surface area contributed by atoms with Gasteiger partial charge in [0.05, 0.1) is 0 Å².